The fourth-order valence-electron chi connectivity index (χ4n) is 1.93. The number of aryl methyl sites for hydroxylation is 1. The van der Waals surface area contributed by atoms with Gasteiger partial charge in [0.2, 0.25) is 0 Å². The van der Waals surface area contributed by atoms with E-state index in [9.17, 15) is 4.79 Å². The molecule has 2 heterocycles. The zero-order valence-electron chi connectivity index (χ0n) is 12.0. The molecular formula is C17H14N2O3. The van der Waals surface area contributed by atoms with Crippen LogP contribution >= 0.6 is 0 Å². The number of esters is 1. The van der Waals surface area contributed by atoms with Crippen molar-refractivity contribution in [3.63, 3.8) is 0 Å². The number of aromatic nitrogens is 2. The molecule has 3 rings (SSSR count). The second-order valence-corrected chi connectivity index (χ2v) is 4.84. The van der Waals surface area contributed by atoms with Crippen LogP contribution in [0.3, 0.4) is 0 Å². The van der Waals surface area contributed by atoms with E-state index in [1.165, 1.54) is 5.56 Å². The first kappa shape index (κ1) is 14.0. The topological polar surface area (TPSA) is 65.2 Å². The summed E-state index contributed by atoms with van der Waals surface area (Å²) < 4.78 is 10.4. The lowest BCUT2D eigenvalue weighted by Crippen LogP contribution is -2.06. The highest BCUT2D eigenvalue weighted by atomic mass is 16.5. The van der Waals surface area contributed by atoms with Crippen LogP contribution in [0.1, 0.15) is 21.7 Å². The van der Waals surface area contributed by atoms with Crippen LogP contribution < -0.4 is 0 Å². The third-order valence-corrected chi connectivity index (χ3v) is 3.12. The molecule has 0 radical (unpaired) electrons. The van der Waals surface area contributed by atoms with Crippen LogP contribution in [0.4, 0.5) is 0 Å². The molecule has 22 heavy (non-hydrogen) atoms. The summed E-state index contributed by atoms with van der Waals surface area (Å²) in [7, 11) is 0. The van der Waals surface area contributed by atoms with Crippen molar-refractivity contribution >= 4 is 5.97 Å². The van der Waals surface area contributed by atoms with E-state index in [1.807, 2.05) is 31.2 Å². The van der Waals surface area contributed by atoms with E-state index in [1.54, 1.807) is 30.5 Å². The van der Waals surface area contributed by atoms with E-state index in [2.05, 4.69) is 10.1 Å². The number of carbonyl (C=O) groups is 1. The van der Waals surface area contributed by atoms with Crippen molar-refractivity contribution in [2.24, 2.45) is 0 Å². The second-order valence-electron chi connectivity index (χ2n) is 4.84. The summed E-state index contributed by atoms with van der Waals surface area (Å²) >= 11 is 0. The van der Waals surface area contributed by atoms with Crippen LogP contribution in [-0.2, 0) is 11.3 Å². The van der Waals surface area contributed by atoms with E-state index in [4.69, 9.17) is 9.26 Å². The molecule has 0 amide bonds. The predicted molar refractivity (Wildman–Crippen MR) is 80.0 cm³/mol. The molecule has 0 atom stereocenters. The summed E-state index contributed by atoms with van der Waals surface area (Å²) in [4.78, 5) is 15.7. The van der Waals surface area contributed by atoms with E-state index in [0.29, 0.717) is 11.5 Å². The fraction of sp³-hybridized carbons (Fsp3) is 0.118. The first-order valence-electron chi connectivity index (χ1n) is 6.83. The Labute approximate surface area is 127 Å². The van der Waals surface area contributed by atoms with Crippen molar-refractivity contribution < 1.29 is 14.1 Å². The maximum Gasteiger partial charge on any atom is 0.357 e. The van der Waals surface area contributed by atoms with E-state index in [0.717, 1.165) is 5.56 Å². The number of ether oxygens (including phenoxy) is 1. The van der Waals surface area contributed by atoms with Gasteiger partial charge in [-0.2, -0.15) is 0 Å². The Morgan fingerprint density at radius 2 is 2.00 bits per heavy atom. The second kappa shape index (κ2) is 6.22. The average molecular weight is 294 g/mol. The highest BCUT2D eigenvalue weighted by Gasteiger charge is 2.11. The van der Waals surface area contributed by atoms with Crippen molar-refractivity contribution in [1.82, 2.24) is 10.1 Å². The van der Waals surface area contributed by atoms with Crippen molar-refractivity contribution in [2.75, 3.05) is 0 Å². The zero-order chi connectivity index (χ0) is 15.4. The minimum absolute atomic E-state index is 0.0464. The number of pyridine rings is 1. The van der Waals surface area contributed by atoms with Gasteiger partial charge in [-0.25, -0.2) is 9.78 Å². The smallest absolute Gasteiger partial charge is 0.357 e. The quantitative estimate of drug-likeness (QED) is 0.690. The molecule has 0 saturated carbocycles. The number of benzene rings is 1. The fourth-order valence-corrected chi connectivity index (χ4v) is 1.93. The normalized spacial score (nSPS) is 10.4. The highest BCUT2D eigenvalue weighted by Crippen LogP contribution is 2.21. The van der Waals surface area contributed by atoms with Gasteiger partial charge in [0.15, 0.2) is 5.76 Å². The summed E-state index contributed by atoms with van der Waals surface area (Å²) in [5.41, 5.74) is 2.93. The number of nitrogens with zero attached hydrogens (tertiary/aromatic N) is 2. The Morgan fingerprint density at radius 1 is 1.18 bits per heavy atom. The summed E-state index contributed by atoms with van der Waals surface area (Å²) in [6.07, 6.45) is 1.54. The van der Waals surface area contributed by atoms with Gasteiger partial charge in [-0.15, -0.1) is 0 Å². The lowest BCUT2D eigenvalue weighted by molar-refractivity contribution is 0.0457. The molecule has 5 nitrogen and oxygen atoms in total. The molecule has 0 aliphatic heterocycles. The molecule has 0 unspecified atom stereocenters. The van der Waals surface area contributed by atoms with Gasteiger partial charge in [0.05, 0.1) is 0 Å². The predicted octanol–water partition coefficient (Wildman–Crippen LogP) is 3.40. The summed E-state index contributed by atoms with van der Waals surface area (Å²) in [6, 6.07) is 14.7. The molecule has 3 aromatic rings. The first-order chi connectivity index (χ1) is 10.7. The van der Waals surface area contributed by atoms with Crippen molar-refractivity contribution in [3.8, 4) is 11.3 Å². The molecule has 0 spiro atoms. The summed E-state index contributed by atoms with van der Waals surface area (Å²) in [5, 5.41) is 3.91. The van der Waals surface area contributed by atoms with Crippen LogP contribution in [0.5, 0.6) is 0 Å². The Kier molecular flexibility index (Phi) is 3.96. The Hall–Kier alpha value is -2.95. The van der Waals surface area contributed by atoms with Gasteiger partial charge in [0, 0.05) is 17.8 Å². The number of hydrogen-bond acceptors (Lipinski definition) is 5. The first-order valence-corrected chi connectivity index (χ1v) is 6.83. The molecule has 0 N–H and O–H groups in total. The third-order valence-electron chi connectivity index (χ3n) is 3.12. The SMILES string of the molecule is Cc1ccc(-c2cc(COC(=O)c3ccccn3)no2)cc1. The molecule has 5 heteroatoms. The molecule has 0 fully saturated rings. The van der Waals surface area contributed by atoms with Crippen molar-refractivity contribution in [3.05, 3.63) is 71.7 Å². The summed E-state index contributed by atoms with van der Waals surface area (Å²) in [6.45, 7) is 2.07. The van der Waals surface area contributed by atoms with Gasteiger partial charge in [-0.1, -0.05) is 41.1 Å². The van der Waals surface area contributed by atoms with Gasteiger partial charge in [0.25, 0.3) is 0 Å². The highest BCUT2D eigenvalue weighted by molar-refractivity contribution is 5.87. The van der Waals surface area contributed by atoms with E-state index in [-0.39, 0.29) is 12.3 Å². The van der Waals surface area contributed by atoms with Crippen LogP contribution in [0.2, 0.25) is 0 Å². The van der Waals surface area contributed by atoms with Crippen LogP contribution in [0.25, 0.3) is 11.3 Å². The van der Waals surface area contributed by atoms with E-state index < -0.39 is 5.97 Å². The molecule has 2 aromatic heterocycles. The molecule has 0 saturated heterocycles. The Balaban J connectivity index is 1.65. The van der Waals surface area contributed by atoms with Gasteiger partial charge in [-0.3, -0.25) is 0 Å². The van der Waals surface area contributed by atoms with E-state index >= 15 is 0 Å². The van der Waals surface area contributed by atoms with Crippen molar-refractivity contribution in [1.29, 1.82) is 0 Å². The minimum Gasteiger partial charge on any atom is -0.454 e. The average Bonchev–Trinajstić information content (AvgIpc) is 3.03. The monoisotopic (exact) mass is 294 g/mol. The molecule has 1 aromatic carbocycles. The Morgan fingerprint density at radius 3 is 2.73 bits per heavy atom. The number of hydrogen-bond donors (Lipinski definition) is 0. The molecule has 0 aliphatic rings. The maximum absolute atomic E-state index is 11.8. The number of rotatable bonds is 4. The standard InChI is InChI=1S/C17H14N2O3/c1-12-5-7-13(8-6-12)16-10-14(19-22-16)11-21-17(20)15-4-2-3-9-18-15/h2-10H,11H2,1H3. The lowest BCUT2D eigenvalue weighted by Gasteiger charge is -2.00. The van der Waals surface area contributed by atoms with Crippen molar-refractivity contribution in [2.45, 2.75) is 13.5 Å². The third kappa shape index (κ3) is 3.20. The van der Waals surface area contributed by atoms with Gasteiger partial charge in [-0.05, 0) is 19.1 Å². The van der Waals surface area contributed by atoms with Gasteiger partial charge in [0.1, 0.15) is 18.0 Å². The molecule has 0 bridgehead atoms. The molecular weight excluding hydrogens is 280 g/mol. The lowest BCUT2D eigenvalue weighted by atomic mass is 10.1. The van der Waals surface area contributed by atoms with Gasteiger partial charge >= 0.3 is 5.97 Å². The molecule has 110 valence electrons. The largest absolute Gasteiger partial charge is 0.454 e. The Bertz CT molecular complexity index is 764. The van der Waals surface area contributed by atoms with Gasteiger partial charge < -0.3 is 9.26 Å². The number of carbonyl (C=O) groups excluding carboxylic acids is 1. The van der Waals surface area contributed by atoms with Crippen LogP contribution in [0, 0.1) is 6.92 Å². The maximum atomic E-state index is 11.8. The van der Waals surface area contributed by atoms with Crippen LogP contribution in [-0.4, -0.2) is 16.1 Å². The van der Waals surface area contributed by atoms with Crippen LogP contribution in [0.15, 0.2) is 59.3 Å². The molecule has 0 aliphatic carbocycles. The summed E-state index contributed by atoms with van der Waals surface area (Å²) in [5.74, 6) is 0.157. The zero-order valence-corrected chi connectivity index (χ0v) is 12.0. The minimum atomic E-state index is -0.486.